The van der Waals surface area contributed by atoms with Gasteiger partial charge in [0, 0.05) is 23.7 Å². The second kappa shape index (κ2) is 2.96. The quantitative estimate of drug-likeness (QED) is 0.698. The van der Waals surface area contributed by atoms with Crippen molar-refractivity contribution in [1.82, 2.24) is 5.32 Å². The summed E-state index contributed by atoms with van der Waals surface area (Å²) >= 11 is 0. The molecule has 0 unspecified atom stereocenters. The average molecular weight is 185 g/mol. The van der Waals surface area contributed by atoms with E-state index in [-0.39, 0.29) is 17.4 Å². The molecular weight excluding hydrogens is 176 g/mol. The fourth-order valence-corrected chi connectivity index (χ4v) is 1.45. The molecule has 1 aliphatic rings. The highest BCUT2D eigenvalue weighted by atomic mass is 19.1. The summed E-state index contributed by atoms with van der Waals surface area (Å²) in [6.45, 7) is 0.806. The van der Waals surface area contributed by atoms with E-state index in [4.69, 9.17) is 0 Å². The normalized spacial score (nSPS) is 21.2. The zero-order valence-electron chi connectivity index (χ0n) is 6.85. The first kappa shape index (κ1) is 8.44. The Morgan fingerprint density at radius 2 is 2.08 bits per heavy atom. The lowest BCUT2D eigenvalue weighted by Crippen LogP contribution is -2.35. The predicted molar refractivity (Wildman–Crippen MR) is 43.4 cm³/mol. The molecule has 0 aliphatic carbocycles. The van der Waals surface area contributed by atoms with Gasteiger partial charge in [-0.2, -0.15) is 0 Å². The van der Waals surface area contributed by atoms with Crippen LogP contribution in [-0.2, 0) is 0 Å². The third-order valence-electron chi connectivity index (χ3n) is 2.24. The van der Waals surface area contributed by atoms with Crippen LogP contribution in [0.5, 0.6) is 5.75 Å². The molecule has 1 aliphatic heterocycles. The van der Waals surface area contributed by atoms with Gasteiger partial charge in [0.2, 0.25) is 0 Å². The van der Waals surface area contributed by atoms with Crippen molar-refractivity contribution in [3.05, 3.63) is 29.3 Å². The molecule has 1 saturated heterocycles. The molecule has 2 nitrogen and oxygen atoms in total. The number of rotatable bonds is 1. The summed E-state index contributed by atoms with van der Waals surface area (Å²) in [5.74, 6) is -1.75. The Labute approximate surface area is 74.2 Å². The largest absolute Gasteiger partial charge is 0.507 e. The minimum atomic E-state index is -0.752. The molecule has 1 aromatic carbocycles. The van der Waals surface area contributed by atoms with Crippen molar-refractivity contribution in [3.8, 4) is 5.75 Å². The van der Waals surface area contributed by atoms with Gasteiger partial charge in [0.1, 0.15) is 17.4 Å². The smallest absolute Gasteiger partial charge is 0.134 e. The van der Waals surface area contributed by atoms with Crippen LogP contribution in [0.15, 0.2) is 12.1 Å². The Kier molecular flexibility index (Phi) is 1.92. The fourth-order valence-electron chi connectivity index (χ4n) is 1.45. The second-order valence-electron chi connectivity index (χ2n) is 3.12. The SMILES string of the molecule is Oc1cc(F)cc(F)c1[C@@H]1CCN1. The topological polar surface area (TPSA) is 32.3 Å². The van der Waals surface area contributed by atoms with Crippen LogP contribution in [0, 0.1) is 11.6 Å². The van der Waals surface area contributed by atoms with Crippen LogP contribution in [0.3, 0.4) is 0 Å². The maximum absolute atomic E-state index is 13.1. The van der Waals surface area contributed by atoms with Gasteiger partial charge in [0.15, 0.2) is 0 Å². The van der Waals surface area contributed by atoms with Crippen LogP contribution in [0.4, 0.5) is 8.78 Å². The molecular formula is C9H9F2NO. The van der Waals surface area contributed by atoms with Gasteiger partial charge in [-0.05, 0) is 13.0 Å². The highest BCUT2D eigenvalue weighted by Crippen LogP contribution is 2.32. The highest BCUT2D eigenvalue weighted by Gasteiger charge is 2.25. The van der Waals surface area contributed by atoms with Crippen molar-refractivity contribution in [3.63, 3.8) is 0 Å². The van der Waals surface area contributed by atoms with Gasteiger partial charge in [-0.3, -0.25) is 0 Å². The van der Waals surface area contributed by atoms with E-state index in [1.54, 1.807) is 0 Å². The number of phenolic OH excluding ortho intramolecular Hbond substituents is 1. The van der Waals surface area contributed by atoms with E-state index in [0.29, 0.717) is 0 Å². The first-order chi connectivity index (χ1) is 6.18. The fraction of sp³-hybridized carbons (Fsp3) is 0.333. The minimum absolute atomic E-state index is 0.166. The Balaban J connectivity index is 2.43. The van der Waals surface area contributed by atoms with E-state index in [9.17, 15) is 13.9 Å². The molecule has 4 heteroatoms. The number of benzene rings is 1. The van der Waals surface area contributed by atoms with Crippen LogP contribution >= 0.6 is 0 Å². The van der Waals surface area contributed by atoms with E-state index in [1.165, 1.54) is 0 Å². The number of hydrogen-bond acceptors (Lipinski definition) is 2. The molecule has 1 atom stereocenters. The Morgan fingerprint density at radius 1 is 1.38 bits per heavy atom. The first-order valence-corrected chi connectivity index (χ1v) is 4.10. The molecule has 70 valence electrons. The van der Waals surface area contributed by atoms with Gasteiger partial charge in [0.25, 0.3) is 0 Å². The molecule has 0 amide bonds. The summed E-state index contributed by atoms with van der Waals surface area (Å²) in [6, 6.07) is 1.55. The lowest BCUT2D eigenvalue weighted by atomic mass is 9.96. The number of aromatic hydroxyl groups is 1. The Bertz CT molecular complexity index is 313. The first-order valence-electron chi connectivity index (χ1n) is 4.10. The van der Waals surface area contributed by atoms with Crippen molar-refractivity contribution >= 4 is 0 Å². The Morgan fingerprint density at radius 3 is 2.54 bits per heavy atom. The number of nitrogens with one attached hydrogen (secondary N) is 1. The maximum Gasteiger partial charge on any atom is 0.134 e. The van der Waals surface area contributed by atoms with Crippen molar-refractivity contribution in [2.75, 3.05) is 6.54 Å². The summed E-state index contributed by atoms with van der Waals surface area (Å²) < 4.78 is 25.7. The lowest BCUT2D eigenvalue weighted by molar-refractivity contribution is 0.348. The van der Waals surface area contributed by atoms with Crippen LogP contribution < -0.4 is 5.32 Å². The van der Waals surface area contributed by atoms with Gasteiger partial charge in [-0.1, -0.05) is 0 Å². The molecule has 1 fully saturated rings. The van der Waals surface area contributed by atoms with Gasteiger partial charge in [-0.25, -0.2) is 8.78 Å². The maximum atomic E-state index is 13.1. The molecule has 0 saturated carbocycles. The zero-order valence-corrected chi connectivity index (χ0v) is 6.85. The van der Waals surface area contributed by atoms with Crippen LogP contribution in [0.25, 0.3) is 0 Å². The summed E-state index contributed by atoms with van der Waals surface area (Å²) in [7, 11) is 0. The monoisotopic (exact) mass is 185 g/mol. The number of phenols is 1. The van der Waals surface area contributed by atoms with Crippen LogP contribution in [0.2, 0.25) is 0 Å². The van der Waals surface area contributed by atoms with Gasteiger partial charge >= 0.3 is 0 Å². The molecule has 0 bridgehead atoms. The third kappa shape index (κ3) is 1.37. The van der Waals surface area contributed by atoms with Gasteiger partial charge in [0.05, 0.1) is 0 Å². The van der Waals surface area contributed by atoms with Crippen molar-refractivity contribution < 1.29 is 13.9 Å². The molecule has 0 radical (unpaired) electrons. The highest BCUT2D eigenvalue weighted by molar-refractivity contribution is 5.37. The van der Waals surface area contributed by atoms with E-state index >= 15 is 0 Å². The minimum Gasteiger partial charge on any atom is -0.507 e. The average Bonchev–Trinajstić information content (AvgIpc) is 1.92. The summed E-state index contributed by atoms with van der Waals surface area (Å²) in [5, 5.41) is 12.2. The van der Waals surface area contributed by atoms with E-state index < -0.39 is 11.6 Å². The van der Waals surface area contributed by atoms with Crippen molar-refractivity contribution in [2.45, 2.75) is 12.5 Å². The lowest BCUT2D eigenvalue weighted by Gasteiger charge is -2.28. The van der Waals surface area contributed by atoms with Gasteiger partial charge in [-0.15, -0.1) is 0 Å². The summed E-state index contributed by atoms with van der Waals surface area (Å²) in [6.07, 6.45) is 0.774. The number of hydrogen-bond donors (Lipinski definition) is 2. The molecule has 1 aromatic rings. The van der Waals surface area contributed by atoms with E-state index in [2.05, 4.69) is 5.32 Å². The second-order valence-corrected chi connectivity index (χ2v) is 3.12. The molecule has 13 heavy (non-hydrogen) atoms. The molecule has 1 heterocycles. The third-order valence-corrected chi connectivity index (χ3v) is 2.24. The van der Waals surface area contributed by atoms with Crippen LogP contribution in [0.1, 0.15) is 18.0 Å². The molecule has 2 N–H and O–H groups in total. The van der Waals surface area contributed by atoms with E-state index in [0.717, 1.165) is 25.1 Å². The van der Waals surface area contributed by atoms with Crippen LogP contribution in [-0.4, -0.2) is 11.7 Å². The zero-order chi connectivity index (χ0) is 9.42. The molecule has 0 spiro atoms. The number of halogens is 2. The summed E-state index contributed by atoms with van der Waals surface area (Å²) in [5.41, 5.74) is 0.174. The van der Waals surface area contributed by atoms with Crippen molar-refractivity contribution in [1.29, 1.82) is 0 Å². The predicted octanol–water partition coefficient (Wildman–Crippen LogP) is 1.70. The Hall–Kier alpha value is -1.16. The molecule has 2 rings (SSSR count). The van der Waals surface area contributed by atoms with E-state index in [1.807, 2.05) is 0 Å². The standard InChI is InChI=1S/C9H9F2NO/c10-5-3-6(11)9(8(13)4-5)7-1-2-12-7/h3-4,7,12-13H,1-2H2/t7-/m0/s1. The summed E-state index contributed by atoms with van der Waals surface area (Å²) in [4.78, 5) is 0. The van der Waals surface area contributed by atoms with Gasteiger partial charge < -0.3 is 10.4 Å². The van der Waals surface area contributed by atoms with Crippen molar-refractivity contribution in [2.24, 2.45) is 0 Å². The molecule has 0 aromatic heterocycles.